The van der Waals surface area contributed by atoms with Crippen LogP contribution in [0.5, 0.6) is 0 Å². The van der Waals surface area contributed by atoms with Gasteiger partial charge in [-0.2, -0.15) is 0 Å². The molecule has 0 atom stereocenters. The standard InChI is InChI=1S/C11H8F4N2O2/c12-5-3-6(13)10(15)11(9(5)14)17-2-1-7(18)16-4-8(17)19/h3H,1-2,4H2,(H,16,18). The number of rotatable bonds is 1. The fraction of sp³-hybridized carbons (Fsp3) is 0.273. The molecule has 1 fully saturated rings. The number of nitrogens with one attached hydrogen (secondary N) is 1. The summed E-state index contributed by atoms with van der Waals surface area (Å²) < 4.78 is 53.3. The molecule has 0 aliphatic carbocycles. The highest BCUT2D eigenvalue weighted by atomic mass is 19.2. The van der Waals surface area contributed by atoms with Crippen LogP contribution in [0.2, 0.25) is 0 Å². The lowest BCUT2D eigenvalue weighted by molar-refractivity contribution is -0.123. The average Bonchev–Trinajstić information content (AvgIpc) is 2.52. The molecule has 0 spiro atoms. The first-order chi connectivity index (χ1) is 8.91. The number of halogens is 4. The van der Waals surface area contributed by atoms with Gasteiger partial charge < -0.3 is 10.2 Å². The molecule has 4 nitrogen and oxygen atoms in total. The molecule has 1 aromatic carbocycles. The van der Waals surface area contributed by atoms with Gasteiger partial charge in [0, 0.05) is 19.0 Å². The Balaban J connectivity index is 2.51. The third kappa shape index (κ3) is 2.38. The van der Waals surface area contributed by atoms with E-state index < -0.39 is 47.3 Å². The summed E-state index contributed by atoms with van der Waals surface area (Å²) in [6.07, 6.45) is -0.219. The number of nitrogens with zero attached hydrogens (tertiary/aromatic N) is 1. The molecule has 2 rings (SSSR count). The molecule has 1 N–H and O–H groups in total. The van der Waals surface area contributed by atoms with E-state index in [2.05, 4.69) is 5.32 Å². The van der Waals surface area contributed by atoms with Gasteiger partial charge in [0.1, 0.15) is 5.69 Å². The first kappa shape index (κ1) is 13.3. The lowest BCUT2D eigenvalue weighted by atomic mass is 10.2. The zero-order valence-corrected chi connectivity index (χ0v) is 9.47. The molecule has 0 radical (unpaired) electrons. The van der Waals surface area contributed by atoms with Crippen LogP contribution in [-0.2, 0) is 9.59 Å². The number of carbonyl (C=O) groups is 2. The lowest BCUT2D eigenvalue weighted by Gasteiger charge is -2.21. The Bertz CT molecular complexity index is 536. The van der Waals surface area contributed by atoms with E-state index in [0.29, 0.717) is 4.90 Å². The van der Waals surface area contributed by atoms with E-state index in [4.69, 9.17) is 0 Å². The monoisotopic (exact) mass is 276 g/mol. The molecular weight excluding hydrogens is 268 g/mol. The molecular formula is C11H8F4N2O2. The molecule has 1 heterocycles. The number of amides is 2. The molecule has 0 aromatic heterocycles. The first-order valence-electron chi connectivity index (χ1n) is 5.32. The Labute approximate surface area is 105 Å². The molecule has 0 unspecified atom stereocenters. The molecule has 1 aromatic rings. The van der Waals surface area contributed by atoms with Crippen molar-refractivity contribution in [2.75, 3.05) is 18.0 Å². The van der Waals surface area contributed by atoms with Crippen LogP contribution in [-0.4, -0.2) is 24.9 Å². The van der Waals surface area contributed by atoms with Gasteiger partial charge in [-0.05, 0) is 0 Å². The summed E-state index contributed by atoms with van der Waals surface area (Å²) in [4.78, 5) is 23.2. The molecule has 8 heteroatoms. The number of hydrogen-bond donors (Lipinski definition) is 1. The minimum absolute atomic E-state index is 0.0554. The summed E-state index contributed by atoms with van der Waals surface area (Å²) in [6.45, 7) is -0.850. The van der Waals surface area contributed by atoms with Crippen LogP contribution in [0.15, 0.2) is 6.07 Å². The summed E-state index contributed by atoms with van der Waals surface area (Å²) >= 11 is 0. The van der Waals surface area contributed by atoms with Crippen molar-refractivity contribution in [2.24, 2.45) is 0 Å². The van der Waals surface area contributed by atoms with Gasteiger partial charge in [-0.25, -0.2) is 17.6 Å². The van der Waals surface area contributed by atoms with E-state index in [1.165, 1.54) is 0 Å². The highest BCUT2D eigenvalue weighted by Crippen LogP contribution is 2.28. The maximum atomic E-state index is 13.5. The maximum absolute atomic E-state index is 13.5. The Kier molecular flexibility index (Phi) is 3.41. The minimum Gasteiger partial charge on any atom is -0.347 e. The van der Waals surface area contributed by atoms with Crippen LogP contribution in [0.3, 0.4) is 0 Å². The normalized spacial score (nSPS) is 16.3. The summed E-state index contributed by atoms with van der Waals surface area (Å²) in [6, 6.07) is 0.0554. The van der Waals surface area contributed by atoms with Crippen LogP contribution in [0, 0.1) is 23.3 Å². The van der Waals surface area contributed by atoms with Crippen LogP contribution < -0.4 is 10.2 Å². The largest absolute Gasteiger partial charge is 0.347 e. The fourth-order valence-corrected chi connectivity index (χ4v) is 1.73. The van der Waals surface area contributed by atoms with E-state index >= 15 is 0 Å². The van der Waals surface area contributed by atoms with Crippen LogP contribution in [0.25, 0.3) is 0 Å². The van der Waals surface area contributed by atoms with Gasteiger partial charge >= 0.3 is 0 Å². The number of carbonyl (C=O) groups excluding carboxylic acids is 2. The third-order valence-electron chi connectivity index (χ3n) is 2.66. The van der Waals surface area contributed by atoms with Gasteiger partial charge in [0.2, 0.25) is 11.8 Å². The van der Waals surface area contributed by atoms with Crippen molar-refractivity contribution in [1.82, 2.24) is 5.32 Å². The predicted molar refractivity (Wildman–Crippen MR) is 56.3 cm³/mol. The van der Waals surface area contributed by atoms with Crippen molar-refractivity contribution in [3.8, 4) is 0 Å². The molecule has 102 valence electrons. The summed E-state index contributed by atoms with van der Waals surface area (Å²) in [5.74, 6) is -7.89. The Hall–Kier alpha value is -2.12. The number of anilines is 1. The van der Waals surface area contributed by atoms with Crippen LogP contribution >= 0.6 is 0 Å². The van der Waals surface area contributed by atoms with Gasteiger partial charge in [-0.1, -0.05) is 0 Å². The van der Waals surface area contributed by atoms with Gasteiger partial charge in [-0.15, -0.1) is 0 Å². The smallest absolute Gasteiger partial charge is 0.246 e. The molecule has 0 bridgehead atoms. The van der Waals surface area contributed by atoms with Gasteiger partial charge in [0.05, 0.1) is 6.54 Å². The molecule has 1 aliphatic heterocycles. The second-order valence-electron chi connectivity index (χ2n) is 3.89. The fourth-order valence-electron chi connectivity index (χ4n) is 1.73. The van der Waals surface area contributed by atoms with E-state index in [0.717, 1.165) is 0 Å². The third-order valence-corrected chi connectivity index (χ3v) is 2.66. The van der Waals surface area contributed by atoms with E-state index in [1.807, 2.05) is 0 Å². The highest BCUT2D eigenvalue weighted by Gasteiger charge is 2.29. The van der Waals surface area contributed by atoms with E-state index in [-0.39, 0.29) is 19.0 Å². The average molecular weight is 276 g/mol. The van der Waals surface area contributed by atoms with Crippen molar-refractivity contribution in [3.05, 3.63) is 29.3 Å². The molecule has 19 heavy (non-hydrogen) atoms. The number of benzene rings is 1. The van der Waals surface area contributed by atoms with Gasteiger partial charge in [-0.3, -0.25) is 9.59 Å². The van der Waals surface area contributed by atoms with Crippen molar-refractivity contribution in [1.29, 1.82) is 0 Å². The Morgan fingerprint density at radius 1 is 1.05 bits per heavy atom. The summed E-state index contributed by atoms with van der Waals surface area (Å²) in [7, 11) is 0. The van der Waals surface area contributed by atoms with Crippen molar-refractivity contribution < 1.29 is 27.2 Å². The second-order valence-corrected chi connectivity index (χ2v) is 3.89. The second kappa shape index (κ2) is 4.87. The Morgan fingerprint density at radius 3 is 2.21 bits per heavy atom. The maximum Gasteiger partial charge on any atom is 0.246 e. The molecule has 1 aliphatic rings. The van der Waals surface area contributed by atoms with Crippen molar-refractivity contribution in [2.45, 2.75) is 6.42 Å². The van der Waals surface area contributed by atoms with Crippen molar-refractivity contribution >= 4 is 17.5 Å². The SMILES string of the molecule is O=C1CCN(c2c(F)c(F)cc(F)c2F)C(=O)CN1. The van der Waals surface area contributed by atoms with Crippen LogP contribution in [0.4, 0.5) is 23.2 Å². The quantitative estimate of drug-likeness (QED) is 0.616. The van der Waals surface area contributed by atoms with Crippen LogP contribution in [0.1, 0.15) is 6.42 Å². The summed E-state index contributed by atoms with van der Waals surface area (Å²) in [5.41, 5.74) is -1.11. The van der Waals surface area contributed by atoms with E-state index in [9.17, 15) is 27.2 Å². The number of hydrogen-bond acceptors (Lipinski definition) is 2. The lowest BCUT2D eigenvalue weighted by Crippen LogP contribution is -2.36. The topological polar surface area (TPSA) is 49.4 Å². The molecule has 0 saturated carbocycles. The van der Waals surface area contributed by atoms with Gasteiger partial charge in [0.15, 0.2) is 23.3 Å². The van der Waals surface area contributed by atoms with Gasteiger partial charge in [0.25, 0.3) is 0 Å². The summed E-state index contributed by atoms with van der Waals surface area (Å²) in [5, 5.41) is 2.20. The highest BCUT2D eigenvalue weighted by molar-refractivity contribution is 5.99. The molecule has 2 amide bonds. The zero-order valence-electron chi connectivity index (χ0n) is 9.47. The molecule has 1 saturated heterocycles. The van der Waals surface area contributed by atoms with Crippen molar-refractivity contribution in [3.63, 3.8) is 0 Å². The Morgan fingerprint density at radius 2 is 1.63 bits per heavy atom. The van der Waals surface area contributed by atoms with E-state index in [1.54, 1.807) is 0 Å². The minimum atomic E-state index is -1.67. The predicted octanol–water partition coefficient (Wildman–Crippen LogP) is 1.10. The first-order valence-corrected chi connectivity index (χ1v) is 5.32. The zero-order chi connectivity index (χ0) is 14.2.